The number of aromatic nitrogens is 2. The molecular weight excluding hydrogens is 420 g/mol. The minimum atomic E-state index is -3.45. The normalized spacial score (nSPS) is 11.6. The molecule has 8 nitrogen and oxygen atoms in total. The standard InChI is InChI=1S/C13H11BrN4O4S2/c1-6-8-5-7(14)3-4-9(8)22-10(6)11(19)15-12-16-17-13(23-12)18-24(2,20)21/h3-5H,1-2H3,(H,17,18)(H,15,16,19). The molecule has 0 fully saturated rings. The lowest BCUT2D eigenvalue weighted by Crippen LogP contribution is -2.11. The Morgan fingerprint density at radius 1 is 1.29 bits per heavy atom. The number of nitrogens with one attached hydrogen (secondary N) is 2. The molecule has 1 amide bonds. The summed E-state index contributed by atoms with van der Waals surface area (Å²) in [5.74, 6) is -0.321. The van der Waals surface area contributed by atoms with Crippen LogP contribution >= 0.6 is 27.3 Å². The fourth-order valence-electron chi connectivity index (χ4n) is 2.04. The highest BCUT2D eigenvalue weighted by atomic mass is 79.9. The summed E-state index contributed by atoms with van der Waals surface area (Å²) in [5, 5.41) is 11.0. The van der Waals surface area contributed by atoms with Crippen LogP contribution in [0.5, 0.6) is 0 Å². The summed E-state index contributed by atoms with van der Waals surface area (Å²) in [6.07, 6.45) is 1.00. The van der Waals surface area contributed by atoms with Gasteiger partial charge in [0, 0.05) is 15.4 Å². The van der Waals surface area contributed by atoms with E-state index in [1.807, 2.05) is 12.1 Å². The number of fused-ring (bicyclic) bond motifs is 1. The molecule has 0 radical (unpaired) electrons. The largest absolute Gasteiger partial charge is 0.451 e. The third kappa shape index (κ3) is 3.57. The predicted molar refractivity (Wildman–Crippen MR) is 95.0 cm³/mol. The highest BCUT2D eigenvalue weighted by molar-refractivity contribution is 9.10. The molecule has 0 aliphatic carbocycles. The summed E-state index contributed by atoms with van der Waals surface area (Å²) in [6, 6.07) is 5.45. The highest BCUT2D eigenvalue weighted by Gasteiger charge is 2.19. The van der Waals surface area contributed by atoms with Crippen molar-refractivity contribution in [3.8, 4) is 0 Å². The van der Waals surface area contributed by atoms with Crippen LogP contribution in [0, 0.1) is 6.92 Å². The van der Waals surface area contributed by atoms with E-state index in [4.69, 9.17) is 4.42 Å². The van der Waals surface area contributed by atoms with Crippen molar-refractivity contribution in [1.82, 2.24) is 10.2 Å². The third-order valence-electron chi connectivity index (χ3n) is 3.02. The summed E-state index contributed by atoms with van der Waals surface area (Å²) in [5.41, 5.74) is 1.29. The van der Waals surface area contributed by atoms with Gasteiger partial charge < -0.3 is 4.42 Å². The third-order valence-corrected chi connectivity index (χ3v) is 4.96. The quantitative estimate of drug-likeness (QED) is 0.657. The molecule has 126 valence electrons. The van der Waals surface area contributed by atoms with E-state index in [9.17, 15) is 13.2 Å². The number of hydrogen-bond donors (Lipinski definition) is 2. The zero-order chi connectivity index (χ0) is 17.5. The Balaban J connectivity index is 1.84. The van der Waals surface area contributed by atoms with Gasteiger partial charge >= 0.3 is 0 Å². The maximum Gasteiger partial charge on any atom is 0.293 e. The Morgan fingerprint density at radius 2 is 2.00 bits per heavy atom. The maximum absolute atomic E-state index is 12.4. The van der Waals surface area contributed by atoms with Crippen molar-refractivity contribution in [1.29, 1.82) is 0 Å². The van der Waals surface area contributed by atoms with Crippen LogP contribution in [0.15, 0.2) is 27.1 Å². The molecule has 2 N–H and O–H groups in total. The van der Waals surface area contributed by atoms with E-state index in [0.29, 0.717) is 11.1 Å². The Hall–Kier alpha value is -1.98. The van der Waals surface area contributed by atoms with E-state index in [2.05, 4.69) is 36.2 Å². The van der Waals surface area contributed by atoms with Crippen molar-refractivity contribution in [3.63, 3.8) is 0 Å². The first-order valence-electron chi connectivity index (χ1n) is 6.54. The number of benzene rings is 1. The molecule has 0 aliphatic rings. The second-order valence-corrected chi connectivity index (χ2v) is 8.58. The van der Waals surface area contributed by atoms with Gasteiger partial charge in [-0.15, -0.1) is 10.2 Å². The Bertz CT molecular complexity index is 1040. The zero-order valence-electron chi connectivity index (χ0n) is 12.5. The van der Waals surface area contributed by atoms with Gasteiger partial charge in [0.25, 0.3) is 5.91 Å². The van der Waals surface area contributed by atoms with E-state index in [-0.39, 0.29) is 16.0 Å². The van der Waals surface area contributed by atoms with E-state index in [1.54, 1.807) is 13.0 Å². The minimum absolute atomic E-state index is 0.0676. The number of rotatable bonds is 4. The van der Waals surface area contributed by atoms with Gasteiger partial charge in [0.1, 0.15) is 5.58 Å². The molecule has 2 heterocycles. The van der Waals surface area contributed by atoms with Crippen LogP contribution in [0.25, 0.3) is 11.0 Å². The van der Waals surface area contributed by atoms with E-state index >= 15 is 0 Å². The first kappa shape index (κ1) is 16.9. The monoisotopic (exact) mass is 430 g/mol. The molecule has 0 bridgehead atoms. The van der Waals surface area contributed by atoms with Gasteiger partial charge in [-0.25, -0.2) is 8.42 Å². The van der Waals surface area contributed by atoms with Crippen LogP contribution in [-0.2, 0) is 10.0 Å². The molecule has 0 atom stereocenters. The smallest absolute Gasteiger partial charge is 0.293 e. The van der Waals surface area contributed by atoms with Crippen LogP contribution in [0.2, 0.25) is 0 Å². The molecule has 1 aromatic carbocycles. The van der Waals surface area contributed by atoms with Crippen LogP contribution in [0.4, 0.5) is 10.3 Å². The lowest BCUT2D eigenvalue weighted by molar-refractivity contribution is 0.0998. The molecule has 3 aromatic rings. The molecule has 24 heavy (non-hydrogen) atoms. The molecule has 0 unspecified atom stereocenters. The van der Waals surface area contributed by atoms with Gasteiger partial charge in [0.15, 0.2) is 5.76 Å². The topological polar surface area (TPSA) is 114 Å². The predicted octanol–water partition coefficient (Wildman–Crippen LogP) is 2.98. The summed E-state index contributed by atoms with van der Waals surface area (Å²) >= 11 is 4.28. The van der Waals surface area contributed by atoms with Gasteiger partial charge in [-0.05, 0) is 25.1 Å². The molecular formula is C13H11BrN4O4S2. The number of halogens is 1. The number of amides is 1. The average Bonchev–Trinajstić information content (AvgIpc) is 3.02. The number of nitrogens with zero attached hydrogens (tertiary/aromatic N) is 2. The van der Waals surface area contributed by atoms with E-state index < -0.39 is 15.9 Å². The van der Waals surface area contributed by atoms with E-state index in [0.717, 1.165) is 27.5 Å². The van der Waals surface area contributed by atoms with Crippen molar-refractivity contribution in [3.05, 3.63) is 34.0 Å². The van der Waals surface area contributed by atoms with E-state index in [1.165, 1.54) is 0 Å². The summed E-state index contributed by atoms with van der Waals surface area (Å²) in [6.45, 7) is 1.78. The van der Waals surface area contributed by atoms with Crippen molar-refractivity contribution in [2.24, 2.45) is 0 Å². The summed E-state index contributed by atoms with van der Waals surface area (Å²) in [4.78, 5) is 12.4. The molecule has 3 rings (SSSR count). The van der Waals surface area contributed by atoms with Crippen molar-refractivity contribution >= 4 is 64.4 Å². The second-order valence-electron chi connectivity index (χ2n) is 4.94. The first-order chi connectivity index (χ1) is 11.2. The number of carbonyl (C=O) groups excluding carboxylic acids is 1. The molecule has 0 aliphatic heterocycles. The minimum Gasteiger partial charge on any atom is -0.451 e. The zero-order valence-corrected chi connectivity index (χ0v) is 15.7. The van der Waals surface area contributed by atoms with Gasteiger partial charge in [-0.3, -0.25) is 14.8 Å². The summed E-state index contributed by atoms with van der Waals surface area (Å²) in [7, 11) is -3.45. The lowest BCUT2D eigenvalue weighted by atomic mass is 10.1. The van der Waals surface area contributed by atoms with Crippen LogP contribution in [0.3, 0.4) is 0 Å². The number of hydrogen-bond acceptors (Lipinski definition) is 7. The fourth-order valence-corrected chi connectivity index (χ4v) is 3.87. The van der Waals surface area contributed by atoms with Crippen LogP contribution in [-0.4, -0.2) is 30.8 Å². The SMILES string of the molecule is Cc1c(C(=O)Nc2nnc(NS(C)(=O)=O)s2)oc2ccc(Br)cc12. The number of anilines is 2. The van der Waals surface area contributed by atoms with Gasteiger partial charge in [0.05, 0.1) is 6.26 Å². The Morgan fingerprint density at radius 3 is 2.71 bits per heavy atom. The molecule has 0 saturated heterocycles. The van der Waals surface area contributed by atoms with Gasteiger partial charge in [0.2, 0.25) is 20.3 Å². The van der Waals surface area contributed by atoms with Crippen LogP contribution < -0.4 is 10.0 Å². The lowest BCUT2D eigenvalue weighted by Gasteiger charge is -1.98. The molecule has 2 aromatic heterocycles. The maximum atomic E-state index is 12.4. The van der Waals surface area contributed by atoms with Gasteiger partial charge in [-0.2, -0.15) is 0 Å². The molecule has 11 heteroatoms. The number of carbonyl (C=O) groups is 1. The first-order valence-corrected chi connectivity index (χ1v) is 10.0. The molecule has 0 spiro atoms. The van der Waals surface area contributed by atoms with Gasteiger partial charge in [-0.1, -0.05) is 27.3 Å². The van der Waals surface area contributed by atoms with Crippen LogP contribution in [0.1, 0.15) is 16.1 Å². The number of sulfonamides is 1. The number of aryl methyl sites for hydroxylation is 1. The fraction of sp³-hybridized carbons (Fsp3) is 0.154. The second kappa shape index (κ2) is 6.15. The van der Waals surface area contributed by atoms with Crippen molar-refractivity contribution < 1.29 is 17.6 Å². The van der Waals surface area contributed by atoms with Crippen molar-refractivity contribution in [2.75, 3.05) is 16.3 Å². The highest BCUT2D eigenvalue weighted by Crippen LogP contribution is 2.29. The molecule has 0 saturated carbocycles. The Kier molecular flexibility index (Phi) is 4.32. The average molecular weight is 431 g/mol. The Labute approximate surface area is 149 Å². The van der Waals surface area contributed by atoms with Crippen molar-refractivity contribution in [2.45, 2.75) is 6.92 Å². The summed E-state index contributed by atoms with van der Waals surface area (Å²) < 4.78 is 31.0. The number of furan rings is 1.